The van der Waals surface area contributed by atoms with E-state index in [1.165, 1.54) is 11.3 Å². The second-order valence-corrected chi connectivity index (χ2v) is 6.19. The molecule has 0 saturated carbocycles. The topological polar surface area (TPSA) is 51.2 Å². The van der Waals surface area contributed by atoms with E-state index in [0.29, 0.717) is 18.8 Å². The third-order valence-corrected chi connectivity index (χ3v) is 4.38. The van der Waals surface area contributed by atoms with Gasteiger partial charge in [0.2, 0.25) is 0 Å². The monoisotopic (exact) mass is 350 g/mol. The third-order valence-electron chi connectivity index (χ3n) is 3.49. The summed E-state index contributed by atoms with van der Waals surface area (Å²) in [5, 5.41) is 5.28. The van der Waals surface area contributed by atoms with Gasteiger partial charge in [-0.05, 0) is 29.8 Å². The first-order chi connectivity index (χ1) is 12.3. The Morgan fingerprint density at radius 2 is 1.92 bits per heavy atom. The lowest BCUT2D eigenvalue weighted by atomic mass is 10.2. The van der Waals surface area contributed by atoms with Crippen molar-refractivity contribution in [1.29, 1.82) is 0 Å². The van der Waals surface area contributed by atoms with Crippen molar-refractivity contribution in [2.45, 2.75) is 6.61 Å². The highest BCUT2D eigenvalue weighted by Crippen LogP contribution is 2.26. The Morgan fingerprint density at radius 3 is 2.64 bits per heavy atom. The molecule has 0 fully saturated rings. The predicted molar refractivity (Wildman–Crippen MR) is 101 cm³/mol. The van der Waals surface area contributed by atoms with Gasteiger partial charge >= 0.3 is 0 Å². The summed E-state index contributed by atoms with van der Waals surface area (Å²) in [7, 11) is 0. The number of thiazole rings is 1. The molecule has 0 unspecified atom stereocenters. The number of aromatic nitrogens is 1. The highest BCUT2D eigenvalue weighted by atomic mass is 32.1. The minimum absolute atomic E-state index is 0.190. The molecule has 2 aromatic carbocycles. The third kappa shape index (κ3) is 4.55. The lowest BCUT2D eigenvalue weighted by Crippen LogP contribution is -2.23. The smallest absolute Gasteiger partial charge is 0.271 e. The molecule has 5 heteroatoms. The molecule has 0 spiro atoms. The van der Waals surface area contributed by atoms with E-state index >= 15 is 0 Å². The maximum atomic E-state index is 11.9. The van der Waals surface area contributed by atoms with Crippen LogP contribution in [0.4, 0.5) is 0 Å². The van der Waals surface area contributed by atoms with E-state index in [1.54, 1.807) is 11.5 Å². The Kier molecular flexibility index (Phi) is 5.59. The number of amides is 1. The lowest BCUT2D eigenvalue weighted by Gasteiger charge is -2.06. The molecule has 1 N–H and O–H groups in total. The van der Waals surface area contributed by atoms with Crippen LogP contribution in [0.1, 0.15) is 16.1 Å². The molecule has 1 aromatic heterocycles. The Labute approximate surface area is 150 Å². The number of ether oxygens (including phenoxy) is 1. The van der Waals surface area contributed by atoms with Gasteiger partial charge in [0.15, 0.2) is 0 Å². The molecule has 3 aromatic rings. The summed E-state index contributed by atoms with van der Waals surface area (Å²) in [5.74, 6) is 0.610. The molecule has 0 bridgehead atoms. The SMILES string of the molecule is C=CCNC(=O)c1csc(-c2ccc(OCc3ccccc3)cc2)n1. The molecular weight excluding hydrogens is 332 g/mol. The summed E-state index contributed by atoms with van der Waals surface area (Å²) in [6, 6.07) is 17.8. The fourth-order valence-electron chi connectivity index (χ4n) is 2.20. The maximum Gasteiger partial charge on any atom is 0.271 e. The minimum Gasteiger partial charge on any atom is -0.489 e. The maximum absolute atomic E-state index is 11.9. The summed E-state index contributed by atoms with van der Waals surface area (Å²) < 4.78 is 5.78. The first kappa shape index (κ1) is 16.9. The zero-order chi connectivity index (χ0) is 17.5. The van der Waals surface area contributed by atoms with Crippen LogP contribution in [0.15, 0.2) is 72.6 Å². The zero-order valence-electron chi connectivity index (χ0n) is 13.6. The summed E-state index contributed by atoms with van der Waals surface area (Å²) in [6.45, 7) is 4.54. The van der Waals surface area contributed by atoms with Crippen molar-refractivity contribution in [3.05, 3.63) is 83.9 Å². The highest BCUT2D eigenvalue weighted by molar-refractivity contribution is 7.13. The summed E-state index contributed by atoms with van der Waals surface area (Å²) >= 11 is 1.44. The average molecular weight is 350 g/mol. The largest absolute Gasteiger partial charge is 0.489 e. The van der Waals surface area contributed by atoms with Crippen molar-refractivity contribution >= 4 is 17.2 Å². The van der Waals surface area contributed by atoms with Gasteiger partial charge in [0.05, 0.1) is 0 Å². The van der Waals surface area contributed by atoms with Gasteiger partial charge in [-0.25, -0.2) is 4.98 Å². The van der Waals surface area contributed by atoms with E-state index in [0.717, 1.165) is 21.9 Å². The standard InChI is InChI=1S/C20H18N2O2S/c1-2-12-21-19(23)18-14-25-20(22-18)16-8-10-17(11-9-16)24-13-15-6-4-3-5-7-15/h2-11,14H,1,12-13H2,(H,21,23). The first-order valence-electron chi connectivity index (χ1n) is 7.88. The molecule has 4 nitrogen and oxygen atoms in total. The molecule has 0 aliphatic rings. The summed E-state index contributed by atoms with van der Waals surface area (Å²) in [5.41, 5.74) is 2.51. The molecule has 0 radical (unpaired) electrons. The van der Waals surface area contributed by atoms with E-state index in [4.69, 9.17) is 4.74 Å². The van der Waals surface area contributed by atoms with E-state index in [-0.39, 0.29) is 5.91 Å². The van der Waals surface area contributed by atoms with Gasteiger partial charge in [-0.2, -0.15) is 0 Å². The summed E-state index contributed by atoms with van der Waals surface area (Å²) in [6.07, 6.45) is 1.64. The first-order valence-corrected chi connectivity index (χ1v) is 8.76. The fourth-order valence-corrected chi connectivity index (χ4v) is 3.01. The normalized spacial score (nSPS) is 10.2. The number of benzene rings is 2. The lowest BCUT2D eigenvalue weighted by molar-refractivity contribution is 0.0954. The van der Waals surface area contributed by atoms with Crippen LogP contribution in [0.3, 0.4) is 0 Å². The molecule has 0 aliphatic heterocycles. The van der Waals surface area contributed by atoms with Gasteiger partial charge in [0.25, 0.3) is 5.91 Å². The number of nitrogens with zero attached hydrogens (tertiary/aromatic N) is 1. The van der Waals surface area contributed by atoms with Gasteiger partial charge in [0.1, 0.15) is 23.1 Å². The van der Waals surface area contributed by atoms with Crippen molar-refractivity contribution in [3.63, 3.8) is 0 Å². The van der Waals surface area contributed by atoms with Crippen LogP contribution in [0.2, 0.25) is 0 Å². The second-order valence-electron chi connectivity index (χ2n) is 5.34. The molecule has 0 saturated heterocycles. The van der Waals surface area contributed by atoms with Crippen LogP contribution in [-0.2, 0) is 6.61 Å². The number of carbonyl (C=O) groups excluding carboxylic acids is 1. The molecule has 25 heavy (non-hydrogen) atoms. The molecule has 1 amide bonds. The van der Waals surface area contributed by atoms with Gasteiger partial charge < -0.3 is 10.1 Å². The average Bonchev–Trinajstić information content (AvgIpc) is 3.16. The molecule has 126 valence electrons. The molecular formula is C20H18N2O2S. The van der Waals surface area contributed by atoms with Gasteiger partial charge in [-0.15, -0.1) is 17.9 Å². The Hall–Kier alpha value is -2.92. The summed E-state index contributed by atoms with van der Waals surface area (Å²) in [4.78, 5) is 16.3. The van der Waals surface area contributed by atoms with Crippen molar-refractivity contribution < 1.29 is 9.53 Å². The Balaban J connectivity index is 1.63. The van der Waals surface area contributed by atoms with Crippen molar-refractivity contribution in [2.24, 2.45) is 0 Å². The molecule has 0 atom stereocenters. The van der Waals surface area contributed by atoms with Gasteiger partial charge in [0, 0.05) is 17.5 Å². The van der Waals surface area contributed by atoms with E-state index < -0.39 is 0 Å². The predicted octanol–water partition coefficient (Wildman–Crippen LogP) is 4.30. The minimum atomic E-state index is -0.190. The fraction of sp³-hybridized carbons (Fsp3) is 0.100. The van der Waals surface area contributed by atoms with Crippen molar-refractivity contribution in [3.8, 4) is 16.3 Å². The molecule has 1 heterocycles. The van der Waals surface area contributed by atoms with Crippen LogP contribution >= 0.6 is 11.3 Å². The molecule has 0 aliphatic carbocycles. The van der Waals surface area contributed by atoms with Gasteiger partial charge in [-0.3, -0.25) is 4.79 Å². The van der Waals surface area contributed by atoms with Crippen LogP contribution in [0, 0.1) is 0 Å². The number of hydrogen-bond acceptors (Lipinski definition) is 4. The number of nitrogens with one attached hydrogen (secondary N) is 1. The van der Waals surface area contributed by atoms with Crippen molar-refractivity contribution in [1.82, 2.24) is 10.3 Å². The molecule has 3 rings (SSSR count). The highest BCUT2D eigenvalue weighted by Gasteiger charge is 2.11. The second kappa shape index (κ2) is 8.26. The van der Waals surface area contributed by atoms with Crippen LogP contribution in [-0.4, -0.2) is 17.4 Å². The Bertz CT molecular complexity index is 842. The van der Waals surface area contributed by atoms with Crippen LogP contribution < -0.4 is 10.1 Å². The Morgan fingerprint density at radius 1 is 1.16 bits per heavy atom. The quantitative estimate of drug-likeness (QED) is 0.646. The van der Waals surface area contributed by atoms with Crippen LogP contribution in [0.25, 0.3) is 10.6 Å². The van der Waals surface area contributed by atoms with E-state index in [9.17, 15) is 4.79 Å². The van der Waals surface area contributed by atoms with E-state index in [2.05, 4.69) is 16.9 Å². The number of rotatable bonds is 7. The van der Waals surface area contributed by atoms with Crippen molar-refractivity contribution in [2.75, 3.05) is 6.54 Å². The number of hydrogen-bond donors (Lipinski definition) is 1. The van der Waals surface area contributed by atoms with Crippen LogP contribution in [0.5, 0.6) is 5.75 Å². The van der Waals surface area contributed by atoms with Gasteiger partial charge in [-0.1, -0.05) is 36.4 Å². The van der Waals surface area contributed by atoms with E-state index in [1.807, 2.05) is 54.6 Å². The number of carbonyl (C=O) groups is 1. The zero-order valence-corrected chi connectivity index (χ0v) is 14.5.